The lowest BCUT2D eigenvalue weighted by Crippen LogP contribution is -2.47. The molecule has 0 fully saturated rings. The number of carbonyl (C=O) groups excluding carboxylic acids is 2. The highest BCUT2D eigenvalue weighted by molar-refractivity contribution is 7.91. The van der Waals surface area contributed by atoms with E-state index in [1.54, 1.807) is 6.07 Å². The Kier molecular flexibility index (Phi) is 7.21. The van der Waals surface area contributed by atoms with Crippen LogP contribution in [0.4, 0.5) is 13.2 Å². The molecule has 0 aliphatic heterocycles. The lowest BCUT2D eigenvalue weighted by atomic mass is 10.1. The Labute approximate surface area is 170 Å². The van der Waals surface area contributed by atoms with Gasteiger partial charge in [-0.1, -0.05) is 30.3 Å². The molecule has 2 atom stereocenters. The first-order chi connectivity index (χ1) is 13.9. The second-order valence-corrected chi connectivity index (χ2v) is 8.52. The number of halogens is 3. The van der Waals surface area contributed by atoms with E-state index in [1.807, 2.05) is 0 Å². The second-order valence-electron chi connectivity index (χ2n) is 6.41. The van der Waals surface area contributed by atoms with Crippen LogP contribution in [0.5, 0.6) is 0 Å². The quantitative estimate of drug-likeness (QED) is 0.570. The third kappa shape index (κ3) is 6.04. The Balaban J connectivity index is 2.05. The summed E-state index contributed by atoms with van der Waals surface area (Å²) >= 11 is 0. The van der Waals surface area contributed by atoms with Crippen LogP contribution in [-0.4, -0.2) is 37.1 Å². The number of carbonyl (C=O) groups is 2. The molecule has 0 saturated carbocycles. The van der Waals surface area contributed by atoms with Crippen molar-refractivity contribution in [2.45, 2.75) is 29.6 Å². The van der Waals surface area contributed by atoms with E-state index in [9.17, 15) is 36.3 Å². The fourth-order valence-corrected chi connectivity index (χ4v) is 3.91. The Morgan fingerprint density at radius 1 is 1.03 bits per heavy atom. The summed E-state index contributed by atoms with van der Waals surface area (Å²) in [5.41, 5.74) is 4.11. The average molecular weight is 444 g/mol. The number of amides is 2. The van der Waals surface area contributed by atoms with Crippen molar-refractivity contribution in [1.82, 2.24) is 5.32 Å². The summed E-state index contributed by atoms with van der Waals surface area (Å²) in [6.07, 6.45) is -6.80. The van der Waals surface area contributed by atoms with Crippen molar-refractivity contribution < 1.29 is 36.3 Å². The molecule has 2 aromatic rings. The minimum Gasteiger partial charge on any atom is -0.378 e. The van der Waals surface area contributed by atoms with E-state index in [4.69, 9.17) is 5.73 Å². The fourth-order valence-electron chi connectivity index (χ4n) is 2.56. The number of hydrogen-bond acceptors (Lipinski definition) is 5. The average Bonchev–Trinajstić information content (AvgIpc) is 2.70. The Bertz CT molecular complexity index is 993. The molecule has 7 nitrogen and oxygen atoms in total. The summed E-state index contributed by atoms with van der Waals surface area (Å²) in [4.78, 5) is 23.8. The van der Waals surface area contributed by atoms with E-state index in [2.05, 4.69) is 5.32 Å². The van der Waals surface area contributed by atoms with Gasteiger partial charge in [0.15, 0.2) is 15.9 Å². The lowest BCUT2D eigenvalue weighted by molar-refractivity contribution is -0.137. The molecule has 0 heterocycles. The Morgan fingerprint density at radius 2 is 1.60 bits per heavy atom. The van der Waals surface area contributed by atoms with E-state index < -0.39 is 51.3 Å². The number of rotatable bonds is 8. The molecular formula is C19H19F3N2O5S. The van der Waals surface area contributed by atoms with Gasteiger partial charge in [-0.05, 0) is 36.2 Å². The molecule has 2 aromatic carbocycles. The van der Waals surface area contributed by atoms with Crippen LogP contribution in [0.15, 0.2) is 59.5 Å². The maximum absolute atomic E-state index is 12.6. The highest BCUT2D eigenvalue weighted by atomic mass is 32.2. The lowest BCUT2D eigenvalue weighted by Gasteiger charge is -2.18. The van der Waals surface area contributed by atoms with Gasteiger partial charge in [-0.15, -0.1) is 0 Å². The standard InChI is InChI=1S/C19H19F3N2O5S/c20-19(21,22)13-8-6-12(7-9-13)16(25)18(27)24-15(17(23)26)10-11-30(28,29)14-4-2-1-3-5-14/h1-9,15-16,25H,10-11H2,(H2,23,26)(H,24,27)/t15-,16+/m0/s1. The molecule has 0 spiro atoms. The van der Waals surface area contributed by atoms with Crippen LogP contribution < -0.4 is 11.1 Å². The van der Waals surface area contributed by atoms with Crippen LogP contribution in [0.2, 0.25) is 0 Å². The van der Waals surface area contributed by atoms with Crippen molar-refractivity contribution >= 4 is 21.7 Å². The minimum atomic E-state index is -4.58. The molecule has 0 radical (unpaired) electrons. The van der Waals surface area contributed by atoms with Gasteiger partial charge < -0.3 is 16.2 Å². The number of primary amides is 1. The molecule has 2 rings (SSSR count). The third-order valence-corrected chi connectivity index (χ3v) is 6.00. The van der Waals surface area contributed by atoms with E-state index in [0.717, 1.165) is 12.1 Å². The number of aliphatic hydroxyl groups is 1. The molecule has 11 heteroatoms. The summed E-state index contributed by atoms with van der Waals surface area (Å²) in [7, 11) is -3.74. The number of nitrogens with one attached hydrogen (secondary N) is 1. The molecule has 2 amide bonds. The zero-order valence-electron chi connectivity index (χ0n) is 15.5. The van der Waals surface area contributed by atoms with Crippen molar-refractivity contribution in [2.75, 3.05) is 5.75 Å². The normalized spacial score (nSPS) is 14.0. The van der Waals surface area contributed by atoms with Gasteiger partial charge in [0, 0.05) is 0 Å². The summed E-state index contributed by atoms with van der Waals surface area (Å²) in [6, 6.07) is 9.28. The molecule has 4 N–H and O–H groups in total. The van der Waals surface area contributed by atoms with Crippen LogP contribution in [-0.2, 0) is 25.6 Å². The summed E-state index contributed by atoms with van der Waals surface area (Å²) in [5, 5.41) is 12.2. The van der Waals surface area contributed by atoms with Crippen molar-refractivity contribution in [2.24, 2.45) is 5.73 Å². The van der Waals surface area contributed by atoms with Gasteiger partial charge in [0.1, 0.15) is 6.04 Å². The van der Waals surface area contributed by atoms with E-state index >= 15 is 0 Å². The van der Waals surface area contributed by atoms with Crippen molar-refractivity contribution in [1.29, 1.82) is 0 Å². The summed E-state index contributed by atoms with van der Waals surface area (Å²) < 4.78 is 62.4. The van der Waals surface area contributed by atoms with Gasteiger partial charge in [-0.2, -0.15) is 13.2 Å². The molecule has 30 heavy (non-hydrogen) atoms. The monoisotopic (exact) mass is 444 g/mol. The summed E-state index contributed by atoms with van der Waals surface area (Å²) in [5.74, 6) is -2.62. The Hall–Kier alpha value is -2.92. The van der Waals surface area contributed by atoms with Gasteiger partial charge >= 0.3 is 6.18 Å². The van der Waals surface area contributed by atoms with E-state index in [1.165, 1.54) is 24.3 Å². The maximum atomic E-state index is 12.6. The summed E-state index contributed by atoms with van der Waals surface area (Å²) in [6.45, 7) is 0. The highest BCUT2D eigenvalue weighted by Crippen LogP contribution is 2.30. The predicted octanol–water partition coefficient (Wildman–Crippen LogP) is 1.57. The largest absolute Gasteiger partial charge is 0.416 e. The Morgan fingerprint density at radius 3 is 2.10 bits per heavy atom. The number of alkyl halides is 3. The first-order valence-corrected chi connectivity index (χ1v) is 10.3. The first-order valence-electron chi connectivity index (χ1n) is 8.64. The molecule has 0 aliphatic rings. The molecular weight excluding hydrogens is 425 g/mol. The number of benzene rings is 2. The topological polar surface area (TPSA) is 127 Å². The molecule has 0 aliphatic carbocycles. The molecule has 0 aromatic heterocycles. The van der Waals surface area contributed by atoms with Crippen LogP contribution in [0, 0.1) is 0 Å². The smallest absolute Gasteiger partial charge is 0.378 e. The van der Waals surface area contributed by atoms with Gasteiger partial charge in [-0.3, -0.25) is 9.59 Å². The number of hydrogen-bond donors (Lipinski definition) is 3. The second kappa shape index (κ2) is 9.26. The zero-order chi connectivity index (χ0) is 22.5. The SMILES string of the molecule is NC(=O)[C@H](CCS(=O)(=O)c1ccccc1)NC(=O)[C@H](O)c1ccc(C(F)(F)F)cc1. The number of sulfone groups is 1. The van der Waals surface area contributed by atoms with Crippen LogP contribution >= 0.6 is 0 Å². The first kappa shape index (κ1) is 23.4. The fraction of sp³-hybridized carbons (Fsp3) is 0.263. The number of nitrogens with two attached hydrogens (primary N) is 1. The van der Waals surface area contributed by atoms with Gasteiger partial charge in [0.05, 0.1) is 16.2 Å². The van der Waals surface area contributed by atoms with E-state index in [-0.39, 0.29) is 16.9 Å². The zero-order valence-corrected chi connectivity index (χ0v) is 16.3. The van der Waals surface area contributed by atoms with Gasteiger partial charge in [0.2, 0.25) is 5.91 Å². The van der Waals surface area contributed by atoms with Crippen molar-refractivity contribution in [3.63, 3.8) is 0 Å². The van der Waals surface area contributed by atoms with Crippen LogP contribution in [0.25, 0.3) is 0 Å². The van der Waals surface area contributed by atoms with Gasteiger partial charge in [0.25, 0.3) is 5.91 Å². The molecule has 0 unspecified atom stereocenters. The van der Waals surface area contributed by atoms with Crippen molar-refractivity contribution in [3.05, 3.63) is 65.7 Å². The predicted molar refractivity (Wildman–Crippen MR) is 101 cm³/mol. The molecule has 0 bridgehead atoms. The minimum absolute atomic E-state index is 0.0318. The highest BCUT2D eigenvalue weighted by Gasteiger charge is 2.31. The van der Waals surface area contributed by atoms with Crippen LogP contribution in [0.1, 0.15) is 23.7 Å². The maximum Gasteiger partial charge on any atom is 0.416 e. The van der Waals surface area contributed by atoms with Gasteiger partial charge in [-0.25, -0.2) is 8.42 Å². The third-order valence-electron chi connectivity index (χ3n) is 4.24. The number of aliphatic hydroxyl groups excluding tert-OH is 1. The van der Waals surface area contributed by atoms with Crippen molar-refractivity contribution in [3.8, 4) is 0 Å². The molecule has 162 valence electrons. The van der Waals surface area contributed by atoms with E-state index in [0.29, 0.717) is 12.1 Å². The van der Waals surface area contributed by atoms with Crippen LogP contribution in [0.3, 0.4) is 0 Å². The molecule has 0 saturated heterocycles.